The first-order chi connectivity index (χ1) is 17.9. The highest BCUT2D eigenvalue weighted by molar-refractivity contribution is 8.16. The smallest absolute Gasteiger partial charge is 0.242 e. The van der Waals surface area contributed by atoms with Crippen molar-refractivity contribution in [3.8, 4) is 34.1 Å². The van der Waals surface area contributed by atoms with E-state index in [1.54, 1.807) is 12.1 Å². The van der Waals surface area contributed by atoms with Gasteiger partial charge in [-0.1, -0.05) is 26.3 Å². The van der Waals surface area contributed by atoms with E-state index in [2.05, 4.69) is 71.9 Å². The number of nitrogens with zero attached hydrogens (tertiary/aromatic N) is 5. The molecule has 0 unspecified atom stereocenters. The van der Waals surface area contributed by atoms with E-state index in [4.69, 9.17) is 4.74 Å². The lowest BCUT2D eigenvalue weighted by molar-refractivity contribution is 0.102. The molecule has 1 aromatic carbocycles. The van der Waals surface area contributed by atoms with Crippen molar-refractivity contribution in [2.75, 3.05) is 11.9 Å². The van der Waals surface area contributed by atoms with Crippen molar-refractivity contribution in [1.82, 2.24) is 20.2 Å². The minimum atomic E-state index is -1.41. The van der Waals surface area contributed by atoms with Gasteiger partial charge in [0.05, 0.1) is 24.0 Å². The van der Waals surface area contributed by atoms with E-state index in [1.165, 1.54) is 18.3 Å². The Morgan fingerprint density at radius 2 is 1.92 bits per heavy atom. The molecule has 0 bridgehead atoms. The zero-order valence-corrected chi connectivity index (χ0v) is 24.0. The van der Waals surface area contributed by atoms with Crippen LogP contribution in [0.3, 0.4) is 0 Å². The number of rotatable bonds is 8. The molecule has 1 fully saturated rings. The highest BCUT2D eigenvalue weighted by Crippen LogP contribution is 2.43. The van der Waals surface area contributed by atoms with Crippen LogP contribution in [0.25, 0.3) is 22.5 Å². The number of pyridine rings is 1. The number of thiol groups is 3. The molecule has 0 spiro atoms. The first-order valence-electron chi connectivity index (χ1n) is 12.3. The number of phenolic OH excluding ortho intramolecular Hbond substituents is 1. The molecule has 1 N–H and O–H groups in total. The van der Waals surface area contributed by atoms with E-state index in [1.807, 2.05) is 11.9 Å². The Morgan fingerprint density at radius 3 is 2.55 bits per heavy atom. The van der Waals surface area contributed by atoms with Gasteiger partial charge in [-0.3, -0.25) is 0 Å². The second-order valence-corrected chi connectivity index (χ2v) is 13.0. The number of aromatic hydroxyl groups is 1. The van der Waals surface area contributed by atoms with E-state index >= 15 is 0 Å². The lowest BCUT2D eigenvalue weighted by atomic mass is 9.70. The van der Waals surface area contributed by atoms with Gasteiger partial charge in [0.1, 0.15) is 17.7 Å². The van der Waals surface area contributed by atoms with Gasteiger partial charge in [-0.15, -0.1) is 48.1 Å². The number of anilines is 1. The summed E-state index contributed by atoms with van der Waals surface area (Å²) in [4.78, 5) is 10.0. The van der Waals surface area contributed by atoms with Gasteiger partial charge in [0.2, 0.25) is 9.48 Å². The lowest BCUT2D eigenvalue weighted by Crippen LogP contribution is -2.47. The fraction of sp³-hybridized carbons (Fsp3) is 0.462. The molecular weight excluding hydrogens is 549 g/mol. The zero-order valence-electron chi connectivity index (χ0n) is 21.3. The summed E-state index contributed by atoms with van der Waals surface area (Å²) in [7, 11) is 1.81. The fourth-order valence-corrected chi connectivity index (χ4v) is 5.35. The molecule has 204 valence electrons. The predicted octanol–water partition coefficient (Wildman–Crippen LogP) is 6.36. The SMILES string of the molecule is CCC[C@]1(C)CC[C@H](F)[C@H](N(C)c2cnc(-c3ccc(-c4cc(OC(S)(S)S)ncc4F)cc3O)nn2)C1. The number of phenols is 1. The largest absolute Gasteiger partial charge is 0.507 e. The van der Waals surface area contributed by atoms with Crippen molar-refractivity contribution in [3.05, 3.63) is 42.5 Å². The maximum atomic E-state index is 14.9. The molecule has 3 aromatic rings. The second-order valence-electron chi connectivity index (χ2n) is 10.0. The van der Waals surface area contributed by atoms with Crippen molar-refractivity contribution in [3.63, 3.8) is 0 Å². The Hall–Kier alpha value is -2.31. The molecule has 1 aliphatic carbocycles. The highest BCUT2D eigenvalue weighted by Gasteiger charge is 2.39. The van der Waals surface area contributed by atoms with Crippen molar-refractivity contribution < 1.29 is 18.6 Å². The fourth-order valence-electron chi connectivity index (χ4n) is 5.07. The highest BCUT2D eigenvalue weighted by atomic mass is 32.2. The number of hydrogen-bond donors (Lipinski definition) is 4. The molecule has 2 aromatic heterocycles. The molecule has 4 rings (SSSR count). The van der Waals surface area contributed by atoms with Crippen molar-refractivity contribution in [2.24, 2.45) is 5.41 Å². The van der Waals surface area contributed by atoms with E-state index in [0.717, 1.165) is 31.9 Å². The lowest BCUT2D eigenvalue weighted by Gasteiger charge is -2.43. The number of hydrogen-bond acceptors (Lipinski definition) is 10. The topological polar surface area (TPSA) is 84.3 Å². The van der Waals surface area contributed by atoms with Crippen molar-refractivity contribution in [1.29, 1.82) is 0 Å². The van der Waals surface area contributed by atoms with Gasteiger partial charge in [-0.25, -0.2) is 18.7 Å². The molecule has 1 aliphatic rings. The minimum absolute atomic E-state index is 0.0562. The van der Waals surface area contributed by atoms with Gasteiger partial charge in [0.25, 0.3) is 0 Å². The standard InChI is InChI=1S/C26H31F2N5O2S3/c1-4-8-25(2)9-7-18(27)20(12-25)33(3)22-14-30-24(32-31-22)16-6-5-15(10-21(16)34)17-11-23(29-13-19(17)28)35-26(36,37)38/h5-6,10-11,13-14,18,20,34,36-38H,4,7-9,12H2,1-3H3/t18-,20+,25+/m0/s1. The second kappa shape index (κ2) is 11.4. The van der Waals surface area contributed by atoms with Crippen LogP contribution in [0, 0.1) is 11.2 Å². The van der Waals surface area contributed by atoms with Crippen LogP contribution in [-0.2, 0) is 0 Å². The summed E-state index contributed by atoms with van der Waals surface area (Å²) >= 11 is 12.1. The van der Waals surface area contributed by atoms with Gasteiger partial charge in [-0.05, 0) is 48.8 Å². The normalized spacial score (nSPS) is 21.8. The Labute approximate surface area is 237 Å². The molecule has 2 heterocycles. The molecule has 3 atom stereocenters. The minimum Gasteiger partial charge on any atom is -0.507 e. The van der Waals surface area contributed by atoms with Gasteiger partial charge in [-0.2, -0.15) is 0 Å². The molecule has 7 nitrogen and oxygen atoms in total. The summed E-state index contributed by atoms with van der Waals surface area (Å²) in [6.45, 7) is 4.38. The van der Waals surface area contributed by atoms with Crippen molar-refractivity contribution in [2.45, 2.75) is 61.8 Å². The molecule has 38 heavy (non-hydrogen) atoms. The summed E-state index contributed by atoms with van der Waals surface area (Å²) in [6, 6.07) is 5.62. The average Bonchev–Trinajstić information content (AvgIpc) is 2.86. The summed E-state index contributed by atoms with van der Waals surface area (Å²) in [5.41, 5.74) is 0.944. The number of ether oxygens (including phenoxy) is 1. The number of benzene rings is 1. The van der Waals surface area contributed by atoms with Gasteiger partial charge < -0.3 is 14.7 Å². The Bertz CT molecular complexity index is 1280. The number of halogens is 2. The van der Waals surface area contributed by atoms with Crippen molar-refractivity contribution >= 4 is 43.7 Å². The van der Waals surface area contributed by atoms with Gasteiger partial charge >= 0.3 is 0 Å². The Kier molecular flexibility index (Phi) is 8.63. The van der Waals surface area contributed by atoms with E-state index in [0.29, 0.717) is 23.4 Å². The van der Waals surface area contributed by atoms with Gasteiger partial charge in [0.15, 0.2) is 11.6 Å². The van der Waals surface area contributed by atoms with Crippen LogP contribution in [0.15, 0.2) is 36.7 Å². The van der Waals surface area contributed by atoms with Gasteiger partial charge in [0, 0.05) is 18.7 Å². The monoisotopic (exact) mass is 579 g/mol. The van der Waals surface area contributed by atoms with Crippen LogP contribution < -0.4 is 9.64 Å². The quantitative estimate of drug-likeness (QED) is 0.183. The summed E-state index contributed by atoms with van der Waals surface area (Å²) < 4.78 is 33.3. The molecule has 0 saturated heterocycles. The van der Waals surface area contributed by atoms with Crippen LogP contribution >= 0.6 is 37.9 Å². The molecular formula is C26H31F2N5O2S3. The summed E-state index contributed by atoms with van der Waals surface area (Å²) in [5.74, 6) is -0.0741. The predicted molar refractivity (Wildman–Crippen MR) is 154 cm³/mol. The maximum Gasteiger partial charge on any atom is 0.242 e. The van der Waals surface area contributed by atoms with E-state index in [-0.39, 0.29) is 34.5 Å². The third-order valence-electron chi connectivity index (χ3n) is 7.03. The Morgan fingerprint density at radius 1 is 1.16 bits per heavy atom. The first kappa shape index (κ1) is 28.7. The molecule has 1 saturated carbocycles. The van der Waals surface area contributed by atoms with Crippen LogP contribution in [-0.4, -0.2) is 48.1 Å². The average molecular weight is 580 g/mol. The maximum absolute atomic E-state index is 14.9. The molecule has 0 radical (unpaired) electrons. The number of aromatic nitrogens is 4. The van der Waals surface area contributed by atoms with Crippen LogP contribution in [0.2, 0.25) is 0 Å². The number of alkyl halides is 1. The third kappa shape index (κ3) is 6.63. The summed E-state index contributed by atoms with van der Waals surface area (Å²) in [6.07, 6.45) is 5.83. The zero-order chi connectivity index (χ0) is 27.7. The first-order valence-corrected chi connectivity index (χ1v) is 13.7. The van der Waals surface area contributed by atoms with E-state index in [9.17, 15) is 13.9 Å². The van der Waals surface area contributed by atoms with Crippen LogP contribution in [0.5, 0.6) is 11.6 Å². The van der Waals surface area contributed by atoms with E-state index < -0.39 is 15.6 Å². The van der Waals surface area contributed by atoms with Crippen LogP contribution in [0.1, 0.15) is 46.0 Å². The summed E-state index contributed by atoms with van der Waals surface area (Å²) in [5, 5.41) is 19.2. The Balaban J connectivity index is 1.54. The molecule has 0 amide bonds. The molecule has 0 aliphatic heterocycles. The third-order valence-corrected chi connectivity index (χ3v) is 7.30. The molecule has 12 heteroatoms. The van der Waals surface area contributed by atoms with Crippen LogP contribution in [0.4, 0.5) is 14.6 Å².